The average molecular weight is 339 g/mol. The number of benzene rings is 1. The zero-order valence-corrected chi connectivity index (χ0v) is 13.6. The second-order valence-corrected chi connectivity index (χ2v) is 6.38. The smallest absolute Gasteiger partial charge is 0.243 e. The summed E-state index contributed by atoms with van der Waals surface area (Å²) in [6.45, 7) is 2.49. The molecule has 2 amide bonds. The van der Waals surface area contributed by atoms with Crippen LogP contribution in [0.25, 0.3) is 0 Å². The second-order valence-electron chi connectivity index (χ2n) is 5.95. The number of likely N-dealkylation sites (tertiary alicyclic amines) is 1. The summed E-state index contributed by atoms with van der Waals surface area (Å²) in [4.78, 5) is 25.4. The van der Waals surface area contributed by atoms with Crippen molar-refractivity contribution in [2.45, 2.75) is 38.5 Å². The number of rotatable bonds is 3. The zero-order chi connectivity index (χ0) is 16.6. The molecule has 0 unspecified atom stereocenters. The maximum absolute atomic E-state index is 12.4. The number of ether oxygens (including phenoxy) is 1. The number of carbonyl (C=O) groups excluding carboxylic acids is 2. The van der Waals surface area contributed by atoms with Gasteiger partial charge in [0.05, 0.1) is 12.7 Å². The average Bonchev–Trinajstić information content (AvgIpc) is 3.10. The van der Waals surface area contributed by atoms with Crippen LogP contribution < -0.4 is 10.1 Å². The minimum Gasteiger partial charge on any atom is -0.493 e. The molecule has 23 heavy (non-hydrogen) atoms. The fourth-order valence-electron chi connectivity index (χ4n) is 3.19. The molecule has 0 aliphatic carbocycles. The van der Waals surface area contributed by atoms with Crippen LogP contribution in [-0.4, -0.2) is 47.1 Å². The number of halogens is 1. The van der Waals surface area contributed by atoms with E-state index in [1.54, 1.807) is 6.07 Å². The molecule has 1 saturated heterocycles. The number of nitrogens with zero attached hydrogens (tertiary/aromatic N) is 1. The molecular formula is C16H19ClN2O4. The standard InChI is InChI=1S/C16H19ClN2O4/c1-9(20)19-8-13(21)6-14(19)16(22)18-7-11-5-12(17)4-10-2-3-23-15(10)11/h4-5,13-14,21H,2-3,6-8H2,1H3,(H,18,22)/t13-,14+/m0/s1. The number of hydrogen-bond donors (Lipinski definition) is 2. The van der Waals surface area contributed by atoms with Gasteiger partial charge < -0.3 is 20.1 Å². The minimum absolute atomic E-state index is 0.198. The summed E-state index contributed by atoms with van der Waals surface area (Å²) >= 11 is 6.10. The van der Waals surface area contributed by atoms with E-state index in [1.807, 2.05) is 6.07 Å². The number of nitrogens with one attached hydrogen (secondary N) is 1. The first-order valence-corrected chi connectivity index (χ1v) is 8.00. The maximum Gasteiger partial charge on any atom is 0.243 e. The molecule has 0 aromatic heterocycles. The van der Waals surface area contributed by atoms with Crippen LogP contribution in [0, 0.1) is 0 Å². The Morgan fingerprint density at radius 2 is 2.26 bits per heavy atom. The van der Waals surface area contributed by atoms with Crippen LogP contribution >= 0.6 is 11.6 Å². The van der Waals surface area contributed by atoms with Gasteiger partial charge in [-0.3, -0.25) is 9.59 Å². The Morgan fingerprint density at radius 3 is 3.00 bits per heavy atom. The summed E-state index contributed by atoms with van der Waals surface area (Å²) in [5.41, 5.74) is 1.87. The first-order valence-electron chi connectivity index (χ1n) is 7.63. The van der Waals surface area contributed by atoms with E-state index in [0.29, 0.717) is 11.6 Å². The molecule has 6 nitrogen and oxygen atoms in total. The highest BCUT2D eigenvalue weighted by Crippen LogP contribution is 2.32. The van der Waals surface area contributed by atoms with Crippen LogP contribution in [0.2, 0.25) is 5.02 Å². The normalized spacial score (nSPS) is 22.7. The molecule has 2 heterocycles. The summed E-state index contributed by atoms with van der Waals surface area (Å²) in [7, 11) is 0. The number of amides is 2. The summed E-state index contributed by atoms with van der Waals surface area (Å²) in [5.74, 6) is 0.293. The van der Waals surface area contributed by atoms with E-state index in [1.165, 1.54) is 11.8 Å². The number of aliphatic hydroxyl groups is 1. The van der Waals surface area contributed by atoms with E-state index >= 15 is 0 Å². The Hall–Kier alpha value is -1.79. The first kappa shape index (κ1) is 16.1. The van der Waals surface area contributed by atoms with Gasteiger partial charge >= 0.3 is 0 Å². The molecule has 0 radical (unpaired) electrons. The van der Waals surface area contributed by atoms with Crippen molar-refractivity contribution in [2.24, 2.45) is 0 Å². The Kier molecular flexibility index (Phi) is 4.46. The van der Waals surface area contributed by atoms with Crippen LogP contribution in [-0.2, 0) is 22.6 Å². The minimum atomic E-state index is -0.659. The third kappa shape index (κ3) is 3.28. The highest BCUT2D eigenvalue weighted by molar-refractivity contribution is 6.30. The number of aliphatic hydroxyl groups excluding tert-OH is 1. The van der Waals surface area contributed by atoms with Gasteiger partial charge in [0.25, 0.3) is 0 Å². The number of carbonyl (C=O) groups is 2. The van der Waals surface area contributed by atoms with Gasteiger partial charge in [-0.2, -0.15) is 0 Å². The monoisotopic (exact) mass is 338 g/mol. The van der Waals surface area contributed by atoms with Gasteiger partial charge in [0, 0.05) is 43.4 Å². The molecule has 1 fully saturated rings. The van der Waals surface area contributed by atoms with Crippen molar-refractivity contribution in [1.82, 2.24) is 10.2 Å². The topological polar surface area (TPSA) is 78.9 Å². The first-order chi connectivity index (χ1) is 11.0. The summed E-state index contributed by atoms with van der Waals surface area (Å²) in [6, 6.07) is 3.02. The van der Waals surface area contributed by atoms with E-state index in [2.05, 4.69) is 5.32 Å². The molecule has 2 N–H and O–H groups in total. The Morgan fingerprint density at radius 1 is 1.48 bits per heavy atom. The van der Waals surface area contributed by atoms with Crippen LogP contribution in [0.4, 0.5) is 0 Å². The Balaban J connectivity index is 1.69. The zero-order valence-electron chi connectivity index (χ0n) is 12.8. The molecule has 124 valence electrons. The van der Waals surface area contributed by atoms with Gasteiger partial charge in [-0.05, 0) is 17.7 Å². The molecule has 0 bridgehead atoms. The molecule has 2 atom stereocenters. The lowest BCUT2D eigenvalue weighted by molar-refractivity contribution is -0.137. The molecule has 1 aromatic carbocycles. The number of fused-ring (bicyclic) bond motifs is 1. The lowest BCUT2D eigenvalue weighted by atomic mass is 10.1. The van der Waals surface area contributed by atoms with Gasteiger partial charge in [-0.1, -0.05) is 11.6 Å². The lowest BCUT2D eigenvalue weighted by Crippen LogP contribution is -2.44. The summed E-state index contributed by atoms with van der Waals surface area (Å²) < 4.78 is 5.60. The molecule has 0 saturated carbocycles. The van der Waals surface area contributed by atoms with Crippen molar-refractivity contribution in [2.75, 3.05) is 13.2 Å². The third-order valence-corrected chi connectivity index (χ3v) is 4.48. The van der Waals surface area contributed by atoms with E-state index in [0.717, 1.165) is 23.3 Å². The van der Waals surface area contributed by atoms with Crippen LogP contribution in [0.15, 0.2) is 12.1 Å². The van der Waals surface area contributed by atoms with Gasteiger partial charge in [0.2, 0.25) is 11.8 Å². The fraction of sp³-hybridized carbons (Fsp3) is 0.500. The predicted molar refractivity (Wildman–Crippen MR) is 84.3 cm³/mol. The van der Waals surface area contributed by atoms with Gasteiger partial charge in [0.1, 0.15) is 11.8 Å². The van der Waals surface area contributed by atoms with Gasteiger partial charge in [-0.15, -0.1) is 0 Å². The maximum atomic E-state index is 12.4. The molecule has 3 rings (SSSR count). The van der Waals surface area contributed by atoms with E-state index < -0.39 is 12.1 Å². The van der Waals surface area contributed by atoms with Crippen molar-refractivity contribution in [3.05, 3.63) is 28.3 Å². The van der Waals surface area contributed by atoms with Crippen LogP contribution in [0.5, 0.6) is 5.75 Å². The highest BCUT2D eigenvalue weighted by atomic mass is 35.5. The van der Waals surface area contributed by atoms with Crippen LogP contribution in [0.1, 0.15) is 24.5 Å². The Bertz CT molecular complexity index is 649. The SMILES string of the molecule is CC(=O)N1C[C@@H](O)C[C@@H]1C(=O)NCc1cc(Cl)cc2c1OCC2. The van der Waals surface area contributed by atoms with E-state index in [9.17, 15) is 14.7 Å². The van der Waals surface area contributed by atoms with Crippen molar-refractivity contribution in [1.29, 1.82) is 0 Å². The number of hydrogen-bond acceptors (Lipinski definition) is 4. The van der Waals surface area contributed by atoms with Crippen molar-refractivity contribution in [3.8, 4) is 5.75 Å². The highest BCUT2D eigenvalue weighted by Gasteiger charge is 2.37. The van der Waals surface area contributed by atoms with Crippen molar-refractivity contribution >= 4 is 23.4 Å². The summed E-state index contributed by atoms with van der Waals surface area (Å²) in [5, 5.41) is 13.1. The van der Waals surface area contributed by atoms with Gasteiger partial charge in [0.15, 0.2) is 0 Å². The van der Waals surface area contributed by atoms with E-state index in [4.69, 9.17) is 16.3 Å². The molecule has 2 aliphatic heterocycles. The van der Waals surface area contributed by atoms with Crippen molar-refractivity contribution < 1.29 is 19.4 Å². The predicted octanol–water partition coefficient (Wildman–Crippen LogP) is 0.873. The Labute approximate surface area is 139 Å². The lowest BCUT2D eigenvalue weighted by Gasteiger charge is -2.22. The third-order valence-electron chi connectivity index (χ3n) is 4.26. The van der Waals surface area contributed by atoms with Crippen molar-refractivity contribution in [3.63, 3.8) is 0 Å². The molecule has 2 aliphatic rings. The second kappa shape index (κ2) is 6.37. The summed E-state index contributed by atoms with van der Waals surface area (Å²) in [6.07, 6.45) is 0.410. The van der Waals surface area contributed by atoms with Crippen LogP contribution in [0.3, 0.4) is 0 Å². The largest absolute Gasteiger partial charge is 0.493 e. The van der Waals surface area contributed by atoms with Gasteiger partial charge in [-0.25, -0.2) is 0 Å². The molecule has 1 aromatic rings. The van der Waals surface area contributed by atoms with E-state index in [-0.39, 0.29) is 31.3 Å². The molecule has 0 spiro atoms. The number of β-amino-alcohol motifs (C(OH)–C–C–N with tert-alkyl or cyclic N) is 1. The fourth-order valence-corrected chi connectivity index (χ4v) is 3.45. The quantitative estimate of drug-likeness (QED) is 0.857. The molecule has 7 heteroatoms. The molecular weight excluding hydrogens is 320 g/mol.